The van der Waals surface area contributed by atoms with Gasteiger partial charge in [0.1, 0.15) is 0 Å². The van der Waals surface area contributed by atoms with Crippen LogP contribution in [0, 0.1) is 18.8 Å². The number of aryl methyl sites for hydroxylation is 3. The highest BCUT2D eigenvalue weighted by Crippen LogP contribution is 2.48. The number of hydrogen-bond donors (Lipinski definition) is 1. The number of nitrogens with one attached hydrogen (secondary N) is 1. The number of nitrogens with zero attached hydrogens (tertiary/aromatic N) is 6. The lowest BCUT2D eigenvalue weighted by Gasteiger charge is -2.23. The quantitative estimate of drug-likeness (QED) is 0.208. The van der Waals surface area contributed by atoms with Crippen molar-refractivity contribution in [3.05, 3.63) is 71.4 Å². The van der Waals surface area contributed by atoms with Crippen molar-refractivity contribution in [2.24, 2.45) is 11.8 Å². The van der Waals surface area contributed by atoms with E-state index < -0.39 is 9.84 Å². The molecule has 11 nitrogen and oxygen atoms in total. The van der Waals surface area contributed by atoms with Gasteiger partial charge >= 0.3 is 0 Å². The molecule has 0 bridgehead atoms. The van der Waals surface area contributed by atoms with E-state index in [1.54, 1.807) is 6.92 Å². The third-order valence-electron chi connectivity index (χ3n) is 10.0. The number of imidazole rings is 1. The maximum absolute atomic E-state index is 14.1. The molecule has 1 saturated heterocycles. The molecule has 1 N–H and O–H groups in total. The second-order valence-electron chi connectivity index (χ2n) is 13.4. The fourth-order valence-corrected chi connectivity index (χ4v) is 9.75. The Balaban J connectivity index is 1.31. The fraction of sp³-hybridized carbons (Fsp3) is 0.457. The first-order valence-corrected chi connectivity index (χ1v) is 18.3. The fourth-order valence-electron chi connectivity index (χ4n) is 7.54. The van der Waals surface area contributed by atoms with Gasteiger partial charge in [0.25, 0.3) is 0 Å². The lowest BCUT2D eigenvalue weighted by Crippen LogP contribution is -2.17. The molecule has 1 fully saturated rings. The SMILES string of the molecule is Cc1nnc(-c2c(CCC3CCOCC3)nc3c(c2-c2cn4cccc(N[C@@H]5CCc6ncccc65)c4n2)S(=O)(=O)C[C@H]3C(C)C)o1. The molecule has 1 aliphatic carbocycles. The van der Waals surface area contributed by atoms with E-state index in [0.717, 1.165) is 62.4 Å². The highest BCUT2D eigenvalue weighted by Gasteiger charge is 2.43. The van der Waals surface area contributed by atoms with Crippen molar-refractivity contribution in [2.45, 2.75) is 76.2 Å². The molecule has 5 aromatic heterocycles. The molecular weight excluding hydrogens is 614 g/mol. The zero-order chi connectivity index (χ0) is 32.3. The molecule has 47 heavy (non-hydrogen) atoms. The van der Waals surface area contributed by atoms with Crippen LogP contribution in [-0.2, 0) is 27.4 Å². The van der Waals surface area contributed by atoms with Crippen LogP contribution < -0.4 is 5.32 Å². The summed E-state index contributed by atoms with van der Waals surface area (Å²) >= 11 is 0. The molecule has 2 atom stereocenters. The van der Waals surface area contributed by atoms with E-state index in [-0.39, 0.29) is 34.4 Å². The molecule has 0 unspecified atom stereocenters. The summed E-state index contributed by atoms with van der Waals surface area (Å²) in [6, 6.07) is 8.20. The molecule has 5 aromatic rings. The van der Waals surface area contributed by atoms with Crippen molar-refractivity contribution in [1.82, 2.24) is 29.5 Å². The number of anilines is 1. The Labute approximate surface area is 274 Å². The van der Waals surface area contributed by atoms with Crippen molar-refractivity contribution in [1.29, 1.82) is 0 Å². The molecule has 0 aromatic carbocycles. The average molecular weight is 654 g/mol. The van der Waals surface area contributed by atoms with E-state index in [0.29, 0.717) is 46.4 Å². The van der Waals surface area contributed by atoms with Gasteiger partial charge in [-0.15, -0.1) is 10.2 Å². The topological polar surface area (TPSA) is 137 Å². The molecule has 7 heterocycles. The first kappa shape index (κ1) is 30.2. The minimum absolute atomic E-state index is 0.0149. The summed E-state index contributed by atoms with van der Waals surface area (Å²) < 4.78 is 41.9. The van der Waals surface area contributed by atoms with E-state index in [1.165, 1.54) is 5.56 Å². The second-order valence-corrected chi connectivity index (χ2v) is 15.4. The van der Waals surface area contributed by atoms with Crippen LogP contribution in [0.5, 0.6) is 0 Å². The van der Waals surface area contributed by atoms with Crippen LogP contribution in [-0.4, -0.2) is 56.9 Å². The number of pyridine rings is 3. The third kappa shape index (κ3) is 5.41. The van der Waals surface area contributed by atoms with Gasteiger partial charge in [-0.3, -0.25) is 9.97 Å². The van der Waals surface area contributed by atoms with Gasteiger partial charge in [-0.2, -0.15) is 0 Å². The van der Waals surface area contributed by atoms with Gasteiger partial charge in [-0.05, 0) is 74.1 Å². The lowest BCUT2D eigenvalue weighted by molar-refractivity contribution is 0.0639. The molecule has 0 radical (unpaired) electrons. The number of fused-ring (bicyclic) bond motifs is 3. The van der Waals surface area contributed by atoms with E-state index in [1.807, 2.05) is 41.2 Å². The predicted molar refractivity (Wildman–Crippen MR) is 177 cm³/mol. The maximum Gasteiger partial charge on any atom is 0.250 e. The zero-order valence-corrected chi connectivity index (χ0v) is 27.8. The molecule has 0 saturated carbocycles. The highest BCUT2D eigenvalue weighted by atomic mass is 32.2. The Bertz CT molecular complexity index is 2080. The molecule has 8 rings (SSSR count). The summed E-state index contributed by atoms with van der Waals surface area (Å²) in [5.74, 6) is 1.05. The van der Waals surface area contributed by atoms with Crippen molar-refractivity contribution in [2.75, 3.05) is 24.3 Å². The van der Waals surface area contributed by atoms with E-state index in [9.17, 15) is 8.42 Å². The normalized spacial score (nSPS) is 20.6. The number of hydrogen-bond acceptors (Lipinski definition) is 10. The summed E-state index contributed by atoms with van der Waals surface area (Å²) in [4.78, 5) is 15.1. The first-order chi connectivity index (χ1) is 22.8. The molecule has 244 valence electrons. The van der Waals surface area contributed by atoms with E-state index in [2.05, 4.69) is 40.4 Å². The summed E-state index contributed by atoms with van der Waals surface area (Å²) in [7, 11) is -3.69. The van der Waals surface area contributed by atoms with E-state index in [4.69, 9.17) is 19.1 Å². The Morgan fingerprint density at radius 1 is 1.06 bits per heavy atom. The minimum atomic E-state index is -3.69. The Morgan fingerprint density at radius 2 is 1.91 bits per heavy atom. The van der Waals surface area contributed by atoms with Crippen LogP contribution in [0.4, 0.5) is 5.69 Å². The Morgan fingerprint density at radius 3 is 2.70 bits per heavy atom. The molecular formula is C35H39N7O4S. The van der Waals surface area contributed by atoms with Crippen molar-refractivity contribution in [3.8, 4) is 22.7 Å². The average Bonchev–Trinajstić information content (AvgIpc) is 3.85. The standard InChI is InChI=1S/C35H39N7O4S/c1-20(2)24-19-47(43,44)33-30(31(35-41-40-21(3)46-35)27(38-32(24)33)9-8-22-12-16-45-17-13-22)29-18-42-15-5-7-28(34(42)39-29)37-26-11-10-25-23(26)6-4-14-36-25/h4-7,14-15,18,20,22,24,26,37H,8-13,16-17,19H2,1-3H3/t24-,26+/m0/s1. The van der Waals surface area contributed by atoms with Gasteiger partial charge < -0.3 is 18.9 Å². The number of ether oxygens (including phenoxy) is 1. The van der Waals surface area contributed by atoms with Crippen LogP contribution in [0.2, 0.25) is 0 Å². The summed E-state index contributed by atoms with van der Waals surface area (Å²) in [6.07, 6.45) is 11.1. The Kier molecular flexibility index (Phi) is 7.59. The van der Waals surface area contributed by atoms with Gasteiger partial charge in [0.15, 0.2) is 15.5 Å². The molecule has 12 heteroatoms. The minimum Gasteiger partial charge on any atom is -0.421 e. The van der Waals surface area contributed by atoms with Crippen LogP contribution in [0.1, 0.15) is 80.0 Å². The number of rotatable bonds is 8. The van der Waals surface area contributed by atoms with Gasteiger partial charge in [0.2, 0.25) is 11.8 Å². The maximum atomic E-state index is 14.1. The van der Waals surface area contributed by atoms with Crippen molar-refractivity contribution < 1.29 is 17.6 Å². The highest BCUT2D eigenvalue weighted by molar-refractivity contribution is 7.92. The van der Waals surface area contributed by atoms with Gasteiger partial charge in [-0.1, -0.05) is 19.9 Å². The number of aromatic nitrogens is 6. The second kappa shape index (κ2) is 11.8. The molecule has 3 aliphatic rings. The van der Waals surface area contributed by atoms with Crippen molar-refractivity contribution in [3.63, 3.8) is 0 Å². The van der Waals surface area contributed by atoms with Gasteiger partial charge in [-0.25, -0.2) is 13.4 Å². The van der Waals surface area contributed by atoms with Crippen LogP contribution in [0.15, 0.2) is 52.2 Å². The largest absolute Gasteiger partial charge is 0.421 e. The predicted octanol–water partition coefficient (Wildman–Crippen LogP) is 6.14. The van der Waals surface area contributed by atoms with Crippen molar-refractivity contribution >= 4 is 21.2 Å². The smallest absolute Gasteiger partial charge is 0.250 e. The monoisotopic (exact) mass is 653 g/mol. The van der Waals surface area contributed by atoms with Gasteiger partial charge in [0.05, 0.1) is 45.0 Å². The zero-order valence-electron chi connectivity index (χ0n) is 26.9. The summed E-state index contributed by atoms with van der Waals surface area (Å²) in [6.45, 7) is 7.39. The molecule has 2 aliphatic heterocycles. The van der Waals surface area contributed by atoms with Crippen LogP contribution in [0.3, 0.4) is 0 Å². The van der Waals surface area contributed by atoms with Crippen LogP contribution >= 0.6 is 0 Å². The van der Waals surface area contributed by atoms with Gasteiger partial charge in [0, 0.05) is 55.9 Å². The summed E-state index contributed by atoms with van der Waals surface area (Å²) in [5.41, 5.74) is 6.91. The Hall–Kier alpha value is -4.16. The number of sulfone groups is 1. The first-order valence-electron chi connectivity index (χ1n) is 16.6. The lowest BCUT2D eigenvalue weighted by atomic mass is 9.89. The van der Waals surface area contributed by atoms with E-state index >= 15 is 0 Å². The van der Waals surface area contributed by atoms with Crippen LogP contribution in [0.25, 0.3) is 28.4 Å². The molecule has 0 amide bonds. The summed E-state index contributed by atoms with van der Waals surface area (Å²) in [5, 5.41) is 12.3. The third-order valence-corrected chi connectivity index (χ3v) is 11.9. The molecule has 0 spiro atoms.